The summed E-state index contributed by atoms with van der Waals surface area (Å²) in [6.45, 7) is 2.10. The Hall–Kier alpha value is -7.76. The number of aromatic nitrogens is 2. The molecule has 296 valence electrons. The molecule has 0 unspecified atom stereocenters. The molecule has 2 heterocycles. The van der Waals surface area contributed by atoms with E-state index >= 15 is 0 Å². The maximum Gasteiger partial charge on any atom is 0.416 e. The third-order valence-corrected chi connectivity index (χ3v) is 12.1. The quantitative estimate of drug-likeness (QED) is 0.153. The maximum atomic E-state index is 15.0. The lowest BCUT2D eigenvalue weighted by Gasteiger charge is -2.19. The van der Waals surface area contributed by atoms with Crippen molar-refractivity contribution in [1.29, 1.82) is 0 Å². The Bertz CT molecular complexity index is 3430. The van der Waals surface area contributed by atoms with Crippen LogP contribution in [0, 0.1) is 6.92 Å². The number of benzene rings is 9. The van der Waals surface area contributed by atoms with E-state index in [-0.39, 0.29) is 0 Å². The highest BCUT2D eigenvalue weighted by molar-refractivity contribution is 6.21. The van der Waals surface area contributed by atoms with Crippen molar-refractivity contribution < 1.29 is 13.2 Å². The molecule has 2 aromatic heterocycles. The van der Waals surface area contributed by atoms with Crippen LogP contribution in [0.1, 0.15) is 11.1 Å². The first-order chi connectivity index (χ1) is 30.3. The Labute approximate surface area is 356 Å². The number of rotatable bonds is 6. The van der Waals surface area contributed by atoms with Gasteiger partial charge >= 0.3 is 6.18 Å². The molecule has 0 N–H and O–H groups in total. The SMILES string of the molecule is Cc1cccc(-c2ccc(-c3ccc(-n4c5ccc(-c6cc(-c7c8ccccc8c(-c8ccccc8)c8ccccc78)cc(C(F)(F)F)c6)cc5c5cccnc54)cc3)cc2)c1. The van der Waals surface area contributed by atoms with E-state index in [1.807, 2.05) is 91.0 Å². The first kappa shape index (κ1) is 37.3. The van der Waals surface area contributed by atoms with Crippen LogP contribution in [0.15, 0.2) is 206 Å². The predicted molar refractivity (Wildman–Crippen MR) is 251 cm³/mol. The van der Waals surface area contributed by atoms with E-state index in [1.165, 1.54) is 28.8 Å². The zero-order chi connectivity index (χ0) is 42.0. The normalized spacial score (nSPS) is 11.9. The molecule has 0 fully saturated rings. The lowest BCUT2D eigenvalue weighted by atomic mass is 9.85. The van der Waals surface area contributed by atoms with Crippen LogP contribution in [0.5, 0.6) is 0 Å². The number of aryl methyl sites for hydroxylation is 1. The summed E-state index contributed by atoms with van der Waals surface area (Å²) >= 11 is 0. The number of halogens is 3. The number of hydrogen-bond acceptors (Lipinski definition) is 1. The lowest BCUT2D eigenvalue weighted by Crippen LogP contribution is -2.05. The molecule has 9 aromatic carbocycles. The second kappa shape index (κ2) is 14.8. The summed E-state index contributed by atoms with van der Waals surface area (Å²) < 4.78 is 47.0. The number of pyridine rings is 1. The van der Waals surface area contributed by atoms with Crippen LogP contribution in [-0.2, 0) is 6.18 Å². The standard InChI is InChI=1S/C57H37F3N2/c1-36-11-9-14-41(31-36)39-22-20-37(21-23-39)38-24-27-46(28-25-38)62-53-29-26-42(35-52(53)51-19-10-30-61-56(51)62)43-32-44(34-45(33-43)57(58,59)60)55-49-17-7-5-15-47(49)54(40-12-3-2-4-13-40)48-16-6-8-18-50(48)55/h2-35H,1H3. The Morgan fingerprint density at radius 2 is 0.903 bits per heavy atom. The fourth-order valence-electron chi connectivity index (χ4n) is 9.23. The minimum Gasteiger partial charge on any atom is -0.294 e. The van der Waals surface area contributed by atoms with Crippen LogP contribution >= 0.6 is 0 Å². The number of alkyl halides is 3. The van der Waals surface area contributed by atoms with Gasteiger partial charge in [0, 0.05) is 22.7 Å². The van der Waals surface area contributed by atoms with Gasteiger partial charge in [-0.2, -0.15) is 13.2 Å². The molecule has 2 nitrogen and oxygen atoms in total. The van der Waals surface area contributed by atoms with E-state index in [9.17, 15) is 13.2 Å². The Morgan fingerprint density at radius 3 is 1.53 bits per heavy atom. The van der Waals surface area contributed by atoms with Crippen LogP contribution < -0.4 is 0 Å². The maximum absolute atomic E-state index is 15.0. The first-order valence-corrected chi connectivity index (χ1v) is 20.7. The van der Waals surface area contributed by atoms with Crippen molar-refractivity contribution >= 4 is 43.5 Å². The fourth-order valence-corrected chi connectivity index (χ4v) is 9.23. The van der Waals surface area contributed by atoms with Gasteiger partial charge in [-0.25, -0.2) is 4.98 Å². The molecule has 0 aliphatic rings. The number of hydrogen-bond donors (Lipinski definition) is 0. The van der Waals surface area contributed by atoms with Gasteiger partial charge in [-0.1, -0.05) is 151 Å². The molecule has 0 saturated carbocycles. The van der Waals surface area contributed by atoms with Crippen molar-refractivity contribution in [2.24, 2.45) is 0 Å². The van der Waals surface area contributed by atoms with Gasteiger partial charge in [0.1, 0.15) is 5.65 Å². The summed E-state index contributed by atoms with van der Waals surface area (Å²) in [6, 6.07) is 66.2. The smallest absolute Gasteiger partial charge is 0.294 e. The third-order valence-electron chi connectivity index (χ3n) is 12.1. The van der Waals surface area contributed by atoms with Gasteiger partial charge in [-0.05, 0) is 139 Å². The van der Waals surface area contributed by atoms with E-state index in [0.29, 0.717) is 16.7 Å². The Kier molecular flexibility index (Phi) is 8.86. The van der Waals surface area contributed by atoms with E-state index in [2.05, 4.69) is 109 Å². The molecular formula is C57H37F3N2. The van der Waals surface area contributed by atoms with Crippen LogP contribution in [0.25, 0.3) is 105 Å². The van der Waals surface area contributed by atoms with Gasteiger partial charge in [-0.3, -0.25) is 4.57 Å². The number of fused-ring (bicyclic) bond motifs is 5. The molecule has 0 amide bonds. The van der Waals surface area contributed by atoms with Crippen LogP contribution in [-0.4, -0.2) is 9.55 Å². The summed E-state index contributed by atoms with van der Waals surface area (Å²) in [5, 5.41) is 5.58. The molecule has 0 saturated heterocycles. The molecule has 0 aliphatic heterocycles. The van der Waals surface area contributed by atoms with E-state index in [0.717, 1.165) is 77.0 Å². The van der Waals surface area contributed by atoms with Crippen molar-refractivity contribution in [3.05, 3.63) is 218 Å². The highest BCUT2D eigenvalue weighted by Crippen LogP contribution is 2.46. The van der Waals surface area contributed by atoms with Crippen LogP contribution in [0.4, 0.5) is 13.2 Å². The molecular weight excluding hydrogens is 770 g/mol. The lowest BCUT2D eigenvalue weighted by molar-refractivity contribution is -0.137. The molecule has 5 heteroatoms. The molecule has 11 rings (SSSR count). The highest BCUT2D eigenvalue weighted by atomic mass is 19.4. The van der Waals surface area contributed by atoms with Gasteiger partial charge < -0.3 is 0 Å². The third kappa shape index (κ3) is 6.41. The zero-order valence-electron chi connectivity index (χ0n) is 33.7. The molecule has 0 atom stereocenters. The average molecular weight is 807 g/mol. The summed E-state index contributed by atoms with van der Waals surface area (Å²) in [4.78, 5) is 4.82. The minimum absolute atomic E-state index is 0.486. The second-order valence-electron chi connectivity index (χ2n) is 15.9. The molecule has 0 bridgehead atoms. The van der Waals surface area contributed by atoms with E-state index < -0.39 is 11.7 Å². The Balaban J connectivity index is 1.03. The van der Waals surface area contributed by atoms with Crippen molar-refractivity contribution in [1.82, 2.24) is 9.55 Å². The average Bonchev–Trinajstić information content (AvgIpc) is 3.64. The zero-order valence-corrected chi connectivity index (χ0v) is 33.7. The van der Waals surface area contributed by atoms with E-state index in [4.69, 9.17) is 4.98 Å². The van der Waals surface area contributed by atoms with Crippen molar-refractivity contribution in [2.75, 3.05) is 0 Å². The number of nitrogens with zero attached hydrogens (tertiary/aromatic N) is 2. The highest BCUT2D eigenvalue weighted by Gasteiger charge is 2.32. The largest absolute Gasteiger partial charge is 0.416 e. The van der Waals surface area contributed by atoms with Gasteiger partial charge in [0.05, 0.1) is 11.1 Å². The van der Waals surface area contributed by atoms with E-state index in [1.54, 1.807) is 6.20 Å². The summed E-state index contributed by atoms with van der Waals surface area (Å²) in [7, 11) is 0. The molecule has 11 aromatic rings. The van der Waals surface area contributed by atoms with Crippen molar-refractivity contribution in [3.8, 4) is 61.3 Å². The topological polar surface area (TPSA) is 17.8 Å². The molecule has 62 heavy (non-hydrogen) atoms. The van der Waals surface area contributed by atoms with Crippen LogP contribution in [0.2, 0.25) is 0 Å². The summed E-state index contributed by atoms with van der Waals surface area (Å²) in [5.41, 5.74) is 12.3. The summed E-state index contributed by atoms with van der Waals surface area (Å²) in [5.74, 6) is 0. The van der Waals surface area contributed by atoms with Gasteiger partial charge in [0.15, 0.2) is 0 Å². The van der Waals surface area contributed by atoms with Gasteiger partial charge in [0.25, 0.3) is 0 Å². The molecule has 0 radical (unpaired) electrons. The minimum atomic E-state index is -4.57. The molecule has 0 aliphatic carbocycles. The molecule has 0 spiro atoms. The van der Waals surface area contributed by atoms with Gasteiger partial charge in [-0.15, -0.1) is 0 Å². The first-order valence-electron chi connectivity index (χ1n) is 20.7. The second-order valence-corrected chi connectivity index (χ2v) is 15.9. The fraction of sp³-hybridized carbons (Fsp3) is 0.0351. The predicted octanol–water partition coefficient (Wildman–Crippen LogP) is 16.1. The van der Waals surface area contributed by atoms with Crippen LogP contribution in [0.3, 0.4) is 0 Å². The van der Waals surface area contributed by atoms with Gasteiger partial charge in [0.2, 0.25) is 0 Å². The Morgan fingerprint density at radius 1 is 0.387 bits per heavy atom. The van der Waals surface area contributed by atoms with Crippen molar-refractivity contribution in [3.63, 3.8) is 0 Å². The summed E-state index contributed by atoms with van der Waals surface area (Å²) in [6.07, 6.45) is -2.79. The monoisotopic (exact) mass is 806 g/mol. The van der Waals surface area contributed by atoms with Crippen molar-refractivity contribution in [2.45, 2.75) is 13.1 Å².